The van der Waals surface area contributed by atoms with Gasteiger partial charge in [-0.2, -0.15) is 0 Å². The number of urea groups is 1. The summed E-state index contributed by atoms with van der Waals surface area (Å²) in [6.45, 7) is 5.49. The normalized spacial score (nSPS) is 9.83. The summed E-state index contributed by atoms with van der Waals surface area (Å²) >= 11 is 1.45. The summed E-state index contributed by atoms with van der Waals surface area (Å²) in [5.41, 5.74) is 0.901. The Morgan fingerprint density at radius 1 is 1.67 bits per heavy atom. The fourth-order valence-electron chi connectivity index (χ4n) is 1.29. The van der Waals surface area contributed by atoms with Crippen LogP contribution in [0.1, 0.15) is 10.7 Å². The maximum absolute atomic E-state index is 11.7. The molecule has 0 saturated carbocycles. The number of nitrogens with one attached hydrogen (secondary N) is 1. The van der Waals surface area contributed by atoms with Gasteiger partial charge in [-0.15, -0.1) is 17.9 Å². The van der Waals surface area contributed by atoms with Crippen molar-refractivity contribution in [2.24, 2.45) is 0 Å². The maximum Gasteiger partial charge on any atom is 0.323 e. The first-order chi connectivity index (χ1) is 8.52. The third-order valence-corrected chi connectivity index (χ3v) is 2.99. The lowest BCUT2D eigenvalue weighted by Gasteiger charge is -2.18. The number of hydrogen-bond donors (Lipinski definition) is 2. The molecule has 98 valence electrons. The molecule has 2 N–H and O–H groups in total. The molecule has 2 amide bonds. The molecule has 0 fully saturated rings. The van der Waals surface area contributed by atoms with Crippen LogP contribution in [-0.2, 0) is 11.3 Å². The van der Waals surface area contributed by atoms with Gasteiger partial charge >= 0.3 is 12.0 Å². The molecule has 0 bridgehead atoms. The summed E-state index contributed by atoms with van der Waals surface area (Å²) in [6.07, 6.45) is 1.48. The molecule has 7 heteroatoms. The Balaban J connectivity index is 2.50. The van der Waals surface area contributed by atoms with Gasteiger partial charge in [-0.1, -0.05) is 6.08 Å². The van der Waals surface area contributed by atoms with E-state index in [1.165, 1.54) is 17.4 Å². The number of thiazole rings is 1. The molecule has 0 atom stereocenters. The van der Waals surface area contributed by atoms with E-state index in [9.17, 15) is 9.59 Å². The second kappa shape index (κ2) is 6.75. The SMILES string of the molecule is C=CCN(CC(=O)O)C(=O)NCc1nc(C)cs1. The largest absolute Gasteiger partial charge is 0.480 e. The summed E-state index contributed by atoms with van der Waals surface area (Å²) in [5, 5.41) is 14.0. The molecular weight excluding hydrogens is 254 g/mol. The van der Waals surface area contributed by atoms with Crippen molar-refractivity contribution in [2.75, 3.05) is 13.1 Å². The number of hydrogen-bond acceptors (Lipinski definition) is 4. The van der Waals surface area contributed by atoms with Gasteiger partial charge in [0.15, 0.2) is 0 Å². The Hall–Kier alpha value is -1.89. The van der Waals surface area contributed by atoms with Crippen molar-refractivity contribution in [1.29, 1.82) is 0 Å². The lowest BCUT2D eigenvalue weighted by atomic mass is 10.4. The third-order valence-electron chi connectivity index (χ3n) is 2.02. The van der Waals surface area contributed by atoms with Crippen LogP contribution in [0.5, 0.6) is 0 Å². The first-order valence-electron chi connectivity index (χ1n) is 5.29. The number of carbonyl (C=O) groups excluding carboxylic acids is 1. The molecule has 1 rings (SSSR count). The van der Waals surface area contributed by atoms with E-state index in [4.69, 9.17) is 5.11 Å². The van der Waals surface area contributed by atoms with E-state index in [0.717, 1.165) is 15.6 Å². The monoisotopic (exact) mass is 269 g/mol. The number of carbonyl (C=O) groups is 2. The first kappa shape index (κ1) is 14.2. The van der Waals surface area contributed by atoms with Crippen molar-refractivity contribution in [2.45, 2.75) is 13.5 Å². The molecule has 1 heterocycles. The zero-order valence-corrected chi connectivity index (χ0v) is 10.9. The van der Waals surface area contributed by atoms with Gasteiger partial charge in [-0.3, -0.25) is 4.79 Å². The highest BCUT2D eigenvalue weighted by Gasteiger charge is 2.15. The topological polar surface area (TPSA) is 82.5 Å². The Labute approximate surface area is 109 Å². The Kier molecular flexibility index (Phi) is 5.31. The van der Waals surface area contributed by atoms with E-state index in [0.29, 0.717) is 6.54 Å². The van der Waals surface area contributed by atoms with Gasteiger partial charge in [0, 0.05) is 17.6 Å². The zero-order valence-electron chi connectivity index (χ0n) is 10.0. The number of aromatic nitrogens is 1. The van der Waals surface area contributed by atoms with E-state index in [1.807, 2.05) is 12.3 Å². The standard InChI is InChI=1S/C11H15N3O3S/c1-3-4-14(6-10(15)16)11(17)12-5-9-13-8(2)7-18-9/h3,7H,1,4-6H2,2H3,(H,12,17)(H,15,16). The van der Waals surface area contributed by atoms with Crippen LogP contribution in [0.3, 0.4) is 0 Å². The maximum atomic E-state index is 11.7. The zero-order chi connectivity index (χ0) is 13.5. The first-order valence-corrected chi connectivity index (χ1v) is 6.17. The summed E-state index contributed by atoms with van der Waals surface area (Å²) in [4.78, 5) is 27.7. The van der Waals surface area contributed by atoms with Crippen LogP contribution in [0, 0.1) is 6.92 Å². The van der Waals surface area contributed by atoms with E-state index in [-0.39, 0.29) is 13.1 Å². The Bertz CT molecular complexity index is 444. The summed E-state index contributed by atoms with van der Waals surface area (Å²) in [7, 11) is 0. The van der Waals surface area contributed by atoms with Crippen LogP contribution in [0.4, 0.5) is 4.79 Å². The molecule has 0 aliphatic rings. The molecule has 1 aromatic rings. The number of nitrogens with zero attached hydrogens (tertiary/aromatic N) is 2. The summed E-state index contributed by atoms with van der Waals surface area (Å²) in [5.74, 6) is -1.06. The van der Waals surface area contributed by atoms with Crippen LogP contribution in [0.2, 0.25) is 0 Å². The van der Waals surface area contributed by atoms with Crippen molar-refractivity contribution in [3.63, 3.8) is 0 Å². The summed E-state index contributed by atoms with van der Waals surface area (Å²) < 4.78 is 0. The molecule has 0 spiro atoms. The van der Waals surface area contributed by atoms with E-state index in [2.05, 4.69) is 16.9 Å². The van der Waals surface area contributed by atoms with Gasteiger partial charge < -0.3 is 15.3 Å². The van der Waals surface area contributed by atoms with Gasteiger partial charge in [0.25, 0.3) is 0 Å². The van der Waals surface area contributed by atoms with E-state index < -0.39 is 12.0 Å². The summed E-state index contributed by atoms with van der Waals surface area (Å²) in [6, 6.07) is -0.440. The predicted molar refractivity (Wildman–Crippen MR) is 68.5 cm³/mol. The molecule has 0 radical (unpaired) electrons. The number of aliphatic carboxylic acids is 1. The fourth-order valence-corrected chi connectivity index (χ4v) is 2.00. The van der Waals surface area contributed by atoms with Crippen molar-refractivity contribution in [3.8, 4) is 0 Å². The van der Waals surface area contributed by atoms with E-state index >= 15 is 0 Å². The molecule has 0 unspecified atom stereocenters. The average molecular weight is 269 g/mol. The molecular formula is C11H15N3O3S. The second-order valence-electron chi connectivity index (χ2n) is 3.60. The van der Waals surface area contributed by atoms with Crippen LogP contribution in [0.25, 0.3) is 0 Å². The highest BCUT2D eigenvalue weighted by molar-refractivity contribution is 7.09. The van der Waals surface area contributed by atoms with Crippen LogP contribution < -0.4 is 5.32 Å². The minimum atomic E-state index is -1.06. The van der Waals surface area contributed by atoms with Gasteiger partial charge in [0.05, 0.1) is 6.54 Å². The quantitative estimate of drug-likeness (QED) is 0.761. The number of aryl methyl sites for hydroxylation is 1. The van der Waals surface area contributed by atoms with Crippen molar-refractivity contribution in [3.05, 3.63) is 28.7 Å². The van der Waals surface area contributed by atoms with Crippen molar-refractivity contribution < 1.29 is 14.7 Å². The molecule has 0 aliphatic heterocycles. The smallest absolute Gasteiger partial charge is 0.323 e. The number of carboxylic acid groups (broad SMARTS) is 1. The lowest BCUT2D eigenvalue weighted by Crippen LogP contribution is -2.42. The highest BCUT2D eigenvalue weighted by atomic mass is 32.1. The molecule has 0 saturated heterocycles. The van der Waals surface area contributed by atoms with Crippen LogP contribution >= 0.6 is 11.3 Å². The van der Waals surface area contributed by atoms with Crippen molar-refractivity contribution >= 4 is 23.3 Å². The number of rotatable bonds is 6. The van der Waals surface area contributed by atoms with Gasteiger partial charge in [0.1, 0.15) is 11.6 Å². The minimum Gasteiger partial charge on any atom is -0.480 e. The van der Waals surface area contributed by atoms with Crippen LogP contribution in [0.15, 0.2) is 18.0 Å². The van der Waals surface area contributed by atoms with Crippen molar-refractivity contribution in [1.82, 2.24) is 15.2 Å². The lowest BCUT2D eigenvalue weighted by molar-refractivity contribution is -0.137. The predicted octanol–water partition coefficient (Wildman–Crippen LogP) is 1.23. The molecule has 0 aromatic carbocycles. The molecule has 1 aromatic heterocycles. The van der Waals surface area contributed by atoms with Gasteiger partial charge in [-0.25, -0.2) is 9.78 Å². The average Bonchev–Trinajstić information content (AvgIpc) is 2.71. The molecule has 0 aliphatic carbocycles. The third kappa shape index (κ3) is 4.54. The minimum absolute atomic E-state index is 0.190. The highest BCUT2D eigenvalue weighted by Crippen LogP contribution is 2.08. The van der Waals surface area contributed by atoms with E-state index in [1.54, 1.807) is 0 Å². The molecule has 6 nitrogen and oxygen atoms in total. The number of carboxylic acids is 1. The van der Waals surface area contributed by atoms with Gasteiger partial charge in [0.2, 0.25) is 0 Å². The Morgan fingerprint density at radius 3 is 2.89 bits per heavy atom. The molecule has 18 heavy (non-hydrogen) atoms. The second-order valence-corrected chi connectivity index (χ2v) is 4.55. The fraction of sp³-hybridized carbons (Fsp3) is 0.364. The van der Waals surface area contributed by atoms with Crippen LogP contribution in [-0.4, -0.2) is 40.1 Å². The number of amides is 2. The Morgan fingerprint density at radius 2 is 2.39 bits per heavy atom. The van der Waals surface area contributed by atoms with Gasteiger partial charge in [-0.05, 0) is 6.92 Å².